The molecule has 0 aliphatic carbocycles. The van der Waals surface area contributed by atoms with Crippen LogP contribution >= 0.6 is 23.2 Å². The van der Waals surface area contributed by atoms with Gasteiger partial charge in [0.25, 0.3) is 0 Å². The van der Waals surface area contributed by atoms with E-state index in [1.165, 1.54) is 0 Å². The fourth-order valence-corrected chi connectivity index (χ4v) is 0.677. The van der Waals surface area contributed by atoms with Crippen LogP contribution in [0.1, 0.15) is 6.92 Å². The Morgan fingerprint density at radius 2 is 2.25 bits per heavy atom. The van der Waals surface area contributed by atoms with E-state index in [-0.39, 0.29) is 5.38 Å². The zero-order valence-electron chi connectivity index (χ0n) is 4.70. The van der Waals surface area contributed by atoms with Crippen LogP contribution in [0, 0.1) is 0 Å². The predicted octanol–water partition coefficient (Wildman–Crippen LogP) is 2.92. The molecule has 0 spiro atoms. The van der Waals surface area contributed by atoms with Crippen molar-refractivity contribution in [3.05, 3.63) is 23.8 Å². The van der Waals surface area contributed by atoms with Crippen molar-refractivity contribution in [2.75, 3.05) is 0 Å². The van der Waals surface area contributed by atoms with E-state index in [1.807, 2.05) is 0 Å². The first-order chi connectivity index (χ1) is 3.66. The smallest absolute Gasteiger partial charge is 0.0708 e. The highest BCUT2D eigenvalue weighted by Gasteiger charge is 1.90. The van der Waals surface area contributed by atoms with Crippen LogP contribution in [-0.2, 0) is 0 Å². The van der Waals surface area contributed by atoms with E-state index < -0.39 is 0 Å². The van der Waals surface area contributed by atoms with E-state index >= 15 is 0 Å². The van der Waals surface area contributed by atoms with Crippen LogP contribution in [0.25, 0.3) is 0 Å². The average molecular weight is 151 g/mol. The van der Waals surface area contributed by atoms with Gasteiger partial charge in [0.2, 0.25) is 0 Å². The van der Waals surface area contributed by atoms with Gasteiger partial charge in [-0.3, -0.25) is 0 Å². The molecule has 0 rings (SSSR count). The summed E-state index contributed by atoms with van der Waals surface area (Å²) < 4.78 is 0. The third-order valence-corrected chi connectivity index (χ3v) is 1.04. The molecule has 0 fully saturated rings. The molecule has 0 aliphatic rings. The summed E-state index contributed by atoms with van der Waals surface area (Å²) >= 11 is 11.1. The van der Waals surface area contributed by atoms with Gasteiger partial charge in [0, 0.05) is 5.03 Å². The van der Waals surface area contributed by atoms with Crippen molar-refractivity contribution in [2.24, 2.45) is 0 Å². The van der Waals surface area contributed by atoms with Crippen LogP contribution in [0.15, 0.2) is 23.8 Å². The molecular formula is C6H8Cl2. The second kappa shape index (κ2) is 3.99. The Morgan fingerprint density at radius 3 is 2.38 bits per heavy atom. The zero-order valence-corrected chi connectivity index (χ0v) is 6.21. The third-order valence-electron chi connectivity index (χ3n) is 0.614. The molecule has 1 unspecified atom stereocenters. The van der Waals surface area contributed by atoms with Gasteiger partial charge >= 0.3 is 0 Å². The maximum absolute atomic E-state index is 5.58. The normalized spacial score (nSPS) is 15.6. The molecule has 0 aliphatic heterocycles. The molecule has 0 bridgehead atoms. The molecule has 0 aromatic heterocycles. The summed E-state index contributed by atoms with van der Waals surface area (Å²) in [6.45, 7) is 5.26. The molecule has 1 atom stereocenters. The summed E-state index contributed by atoms with van der Waals surface area (Å²) in [5, 5.41) is 0.567. The number of hydrogen-bond donors (Lipinski definition) is 0. The second-order valence-electron chi connectivity index (χ2n) is 1.43. The van der Waals surface area contributed by atoms with Gasteiger partial charge in [-0.1, -0.05) is 17.7 Å². The van der Waals surface area contributed by atoms with E-state index in [0.29, 0.717) is 5.03 Å². The van der Waals surface area contributed by atoms with E-state index in [9.17, 15) is 0 Å². The van der Waals surface area contributed by atoms with Crippen molar-refractivity contribution in [2.45, 2.75) is 12.3 Å². The molecule has 0 aromatic carbocycles. The van der Waals surface area contributed by atoms with Crippen LogP contribution < -0.4 is 0 Å². The highest BCUT2D eigenvalue weighted by atomic mass is 35.5. The van der Waals surface area contributed by atoms with Crippen LogP contribution in [-0.4, -0.2) is 5.38 Å². The van der Waals surface area contributed by atoms with Gasteiger partial charge in [-0.05, 0) is 13.0 Å². The minimum absolute atomic E-state index is 0.132. The molecule has 0 aromatic rings. The van der Waals surface area contributed by atoms with Gasteiger partial charge in [-0.25, -0.2) is 0 Å². The maximum Gasteiger partial charge on any atom is 0.0708 e. The number of hydrogen-bond acceptors (Lipinski definition) is 0. The standard InChI is InChI=1S/C6H8Cl2/c1-3-6(8)4-5(2)7/h3-4,6H,1H2,2H3. The van der Waals surface area contributed by atoms with Crippen LogP contribution in [0.2, 0.25) is 0 Å². The van der Waals surface area contributed by atoms with Crippen molar-refractivity contribution < 1.29 is 0 Å². The molecule has 0 N–H and O–H groups in total. The highest BCUT2D eigenvalue weighted by molar-refractivity contribution is 6.30. The van der Waals surface area contributed by atoms with Gasteiger partial charge < -0.3 is 0 Å². The molecular weight excluding hydrogens is 143 g/mol. The molecule has 0 amide bonds. The van der Waals surface area contributed by atoms with Crippen molar-refractivity contribution in [3.63, 3.8) is 0 Å². The Balaban J connectivity index is 3.68. The summed E-state index contributed by atoms with van der Waals surface area (Å²) in [4.78, 5) is 0. The molecule has 0 radical (unpaired) electrons. The van der Waals surface area contributed by atoms with Crippen LogP contribution in [0.5, 0.6) is 0 Å². The SMILES string of the molecule is C=CC(Cl)C=C(C)Cl. The molecule has 46 valence electrons. The summed E-state index contributed by atoms with van der Waals surface area (Å²) in [6.07, 6.45) is 3.34. The first kappa shape index (κ1) is 8.06. The van der Waals surface area contributed by atoms with E-state index in [4.69, 9.17) is 23.2 Å². The lowest BCUT2D eigenvalue weighted by Crippen LogP contribution is -1.83. The first-order valence-corrected chi connectivity index (χ1v) is 3.09. The Bertz CT molecular complexity index is 101. The summed E-state index contributed by atoms with van der Waals surface area (Å²) in [5.41, 5.74) is 0. The number of alkyl halides is 1. The highest BCUT2D eigenvalue weighted by Crippen LogP contribution is 2.05. The second-order valence-corrected chi connectivity index (χ2v) is 2.53. The number of halogens is 2. The minimum atomic E-state index is -0.132. The number of rotatable bonds is 2. The van der Waals surface area contributed by atoms with Gasteiger partial charge in [-0.2, -0.15) is 0 Å². The fraction of sp³-hybridized carbons (Fsp3) is 0.333. The Morgan fingerprint density at radius 1 is 1.75 bits per heavy atom. The fourth-order valence-electron chi connectivity index (χ4n) is 0.287. The summed E-state index contributed by atoms with van der Waals surface area (Å²) in [6, 6.07) is 0. The Kier molecular flexibility index (Phi) is 4.02. The lowest BCUT2D eigenvalue weighted by atomic mass is 10.4. The predicted molar refractivity (Wildman–Crippen MR) is 39.4 cm³/mol. The van der Waals surface area contributed by atoms with Crippen molar-refractivity contribution in [1.82, 2.24) is 0 Å². The molecule has 8 heavy (non-hydrogen) atoms. The van der Waals surface area contributed by atoms with Crippen LogP contribution in [0.3, 0.4) is 0 Å². The summed E-state index contributed by atoms with van der Waals surface area (Å²) in [7, 11) is 0. The van der Waals surface area contributed by atoms with E-state index in [0.717, 1.165) is 0 Å². The zero-order chi connectivity index (χ0) is 6.57. The lowest BCUT2D eigenvalue weighted by molar-refractivity contribution is 1.38. The first-order valence-electron chi connectivity index (χ1n) is 2.27. The Labute approximate surface area is 59.8 Å². The van der Waals surface area contributed by atoms with Gasteiger partial charge in [0.15, 0.2) is 0 Å². The molecule has 0 nitrogen and oxygen atoms in total. The minimum Gasteiger partial charge on any atom is -0.114 e. The van der Waals surface area contributed by atoms with Crippen molar-refractivity contribution >= 4 is 23.2 Å². The van der Waals surface area contributed by atoms with Crippen LogP contribution in [0.4, 0.5) is 0 Å². The lowest BCUT2D eigenvalue weighted by Gasteiger charge is -1.91. The van der Waals surface area contributed by atoms with Gasteiger partial charge in [0.1, 0.15) is 0 Å². The number of allylic oxidation sites excluding steroid dienone is 3. The van der Waals surface area contributed by atoms with E-state index in [2.05, 4.69) is 6.58 Å². The third kappa shape index (κ3) is 4.23. The van der Waals surface area contributed by atoms with Gasteiger partial charge in [0.05, 0.1) is 5.38 Å². The topological polar surface area (TPSA) is 0 Å². The van der Waals surface area contributed by atoms with Crippen molar-refractivity contribution in [3.8, 4) is 0 Å². The van der Waals surface area contributed by atoms with Gasteiger partial charge in [-0.15, -0.1) is 18.2 Å². The maximum atomic E-state index is 5.58. The summed E-state index contributed by atoms with van der Waals surface area (Å²) in [5.74, 6) is 0. The van der Waals surface area contributed by atoms with Crippen molar-refractivity contribution in [1.29, 1.82) is 0 Å². The quantitative estimate of drug-likeness (QED) is 0.420. The molecule has 0 saturated heterocycles. The average Bonchev–Trinajstić information content (AvgIpc) is 1.65. The monoisotopic (exact) mass is 150 g/mol. The molecule has 2 heteroatoms. The largest absolute Gasteiger partial charge is 0.114 e. The van der Waals surface area contributed by atoms with E-state index in [1.54, 1.807) is 19.1 Å². The molecule has 0 saturated carbocycles. The molecule has 0 heterocycles. The Hall–Kier alpha value is 0.0600.